The van der Waals surface area contributed by atoms with Gasteiger partial charge in [0.1, 0.15) is 5.70 Å². The van der Waals surface area contributed by atoms with Gasteiger partial charge in [0.2, 0.25) is 17.7 Å². The number of fused-ring (bicyclic) bond motifs is 1. The molecular weight excluding hydrogens is 614 g/mol. The van der Waals surface area contributed by atoms with Gasteiger partial charge in [0.25, 0.3) is 5.69 Å². The third-order valence-corrected chi connectivity index (χ3v) is 14.6. The number of primary amides is 1. The first-order chi connectivity index (χ1) is 21.8. The maximum atomic E-state index is 13.8. The van der Waals surface area contributed by atoms with E-state index in [0.717, 1.165) is 30.3 Å². The summed E-state index contributed by atoms with van der Waals surface area (Å²) < 4.78 is 11.9. The first-order valence-corrected chi connectivity index (χ1v) is 18.3. The predicted molar refractivity (Wildman–Crippen MR) is 168 cm³/mol. The molecule has 5 atom stereocenters. The zero-order valence-corrected chi connectivity index (χ0v) is 27.9. The van der Waals surface area contributed by atoms with Crippen LogP contribution in [0.4, 0.5) is 5.69 Å². The molecule has 0 aliphatic carbocycles. The number of benzene rings is 1. The number of non-ortho nitro benzene ring substituents is 1. The average molecular weight is 658 g/mol. The number of esters is 2. The lowest BCUT2D eigenvalue weighted by molar-refractivity contribution is -0.384. The van der Waals surface area contributed by atoms with E-state index < -0.39 is 37.0 Å². The number of carbonyl (C=O) groups excluding carboxylic acids is 5. The summed E-state index contributed by atoms with van der Waals surface area (Å²) in [5, 5.41) is 13.5. The van der Waals surface area contributed by atoms with Crippen molar-refractivity contribution in [2.75, 3.05) is 26.2 Å². The van der Waals surface area contributed by atoms with E-state index in [1.165, 1.54) is 17.0 Å². The van der Waals surface area contributed by atoms with Crippen molar-refractivity contribution in [3.8, 4) is 0 Å². The van der Waals surface area contributed by atoms with Gasteiger partial charge in [-0.05, 0) is 55.7 Å². The van der Waals surface area contributed by atoms with E-state index >= 15 is 0 Å². The smallest absolute Gasteiger partial charge is 0.362 e. The first kappa shape index (κ1) is 34.9. The van der Waals surface area contributed by atoms with Gasteiger partial charge >= 0.3 is 11.9 Å². The van der Waals surface area contributed by atoms with Gasteiger partial charge in [0.15, 0.2) is 8.32 Å². The van der Waals surface area contributed by atoms with Crippen molar-refractivity contribution in [2.45, 2.75) is 71.3 Å². The Balaban J connectivity index is 1.58. The van der Waals surface area contributed by atoms with Crippen LogP contribution in [0.25, 0.3) is 0 Å². The number of hydrogen-bond acceptors (Lipinski definition) is 10. The molecule has 0 unspecified atom stereocenters. The number of nitro benzene ring substituents is 1. The third-order valence-electron chi connectivity index (χ3n) is 9.84. The number of ether oxygens (including phenoxy) is 1. The maximum Gasteiger partial charge on any atom is 0.362 e. The predicted octanol–water partition coefficient (Wildman–Crippen LogP) is 2.34. The number of nitro groups is 1. The molecule has 1 aromatic carbocycles. The molecule has 0 bridgehead atoms. The molecule has 14 nitrogen and oxygen atoms in total. The fraction of sp³-hybridized carbons (Fsp3) is 0.581. The lowest BCUT2D eigenvalue weighted by atomic mass is 9.77. The van der Waals surface area contributed by atoms with Crippen molar-refractivity contribution in [1.82, 2.24) is 15.1 Å². The molecule has 3 amide bonds. The summed E-state index contributed by atoms with van der Waals surface area (Å²) in [6, 6.07) is 7.07. The van der Waals surface area contributed by atoms with Gasteiger partial charge in [-0.3, -0.25) is 29.4 Å². The van der Waals surface area contributed by atoms with Gasteiger partial charge in [-0.1, -0.05) is 27.7 Å². The quantitative estimate of drug-likeness (QED) is 0.0750. The first-order valence-electron chi connectivity index (χ1n) is 15.8. The topological polar surface area (TPSA) is 191 Å². The second-order valence-electron chi connectivity index (χ2n) is 12.3. The van der Waals surface area contributed by atoms with Crippen LogP contribution in [0, 0.1) is 27.9 Å². The van der Waals surface area contributed by atoms with E-state index in [2.05, 4.69) is 26.1 Å². The Bertz CT molecular complexity index is 1420. The molecular formula is C31H43N5O9Si. The number of carbonyl (C=O) groups is 5. The van der Waals surface area contributed by atoms with Crippen LogP contribution < -0.4 is 11.1 Å². The number of amides is 3. The molecule has 0 saturated carbocycles. The van der Waals surface area contributed by atoms with Crippen molar-refractivity contribution < 1.29 is 38.1 Å². The Morgan fingerprint density at radius 1 is 1.11 bits per heavy atom. The summed E-state index contributed by atoms with van der Waals surface area (Å²) in [6.07, 6.45) is 0.161. The highest BCUT2D eigenvalue weighted by Crippen LogP contribution is 2.49. The van der Waals surface area contributed by atoms with Crippen LogP contribution in [0.15, 0.2) is 35.5 Å². The van der Waals surface area contributed by atoms with Gasteiger partial charge in [-0.25, -0.2) is 9.59 Å². The zero-order chi connectivity index (χ0) is 33.9. The maximum absolute atomic E-state index is 13.8. The molecule has 15 heteroatoms. The Morgan fingerprint density at radius 2 is 1.74 bits per heavy atom. The van der Waals surface area contributed by atoms with E-state index in [-0.39, 0.29) is 65.8 Å². The molecule has 0 spiro atoms. The highest BCUT2D eigenvalue weighted by Gasteiger charge is 2.61. The number of rotatable bonds is 14. The van der Waals surface area contributed by atoms with Gasteiger partial charge in [-0.2, -0.15) is 0 Å². The second-order valence-corrected chi connectivity index (χ2v) is 17.1. The van der Waals surface area contributed by atoms with Gasteiger partial charge in [-0.15, -0.1) is 0 Å². The number of nitrogens with one attached hydrogen (secondary N) is 1. The van der Waals surface area contributed by atoms with Crippen molar-refractivity contribution in [3.63, 3.8) is 0 Å². The Hall–Kier alpha value is -3.95. The number of β-lactam (4-membered cyclic amide) rings is 1. The van der Waals surface area contributed by atoms with Crippen molar-refractivity contribution >= 4 is 43.7 Å². The highest BCUT2D eigenvalue weighted by atomic mass is 28.4. The average Bonchev–Trinajstić information content (AvgIpc) is 3.59. The summed E-state index contributed by atoms with van der Waals surface area (Å²) in [5.74, 6) is -4.32. The molecule has 2 saturated heterocycles. The molecule has 250 valence electrons. The Labute approximate surface area is 268 Å². The molecule has 0 radical (unpaired) electrons. The fourth-order valence-electron chi connectivity index (χ4n) is 6.96. The fourth-order valence-corrected chi connectivity index (χ4v) is 9.89. The van der Waals surface area contributed by atoms with Crippen LogP contribution in [0.5, 0.6) is 0 Å². The van der Waals surface area contributed by atoms with E-state index in [1.807, 2.05) is 18.7 Å². The summed E-state index contributed by atoms with van der Waals surface area (Å²) in [5.41, 5.74) is 5.51. The zero-order valence-electron chi connectivity index (χ0n) is 26.9. The highest BCUT2D eigenvalue weighted by molar-refractivity contribution is 6.73. The molecule has 4 rings (SSSR count). The van der Waals surface area contributed by atoms with Crippen LogP contribution in [0.2, 0.25) is 18.1 Å². The van der Waals surface area contributed by atoms with E-state index in [0.29, 0.717) is 25.1 Å². The van der Waals surface area contributed by atoms with E-state index in [9.17, 15) is 34.1 Å². The normalized spacial score (nSPS) is 23.5. The number of nitrogens with two attached hydrogens (primary N) is 1. The summed E-state index contributed by atoms with van der Waals surface area (Å²) in [6.45, 7) is 11.1. The summed E-state index contributed by atoms with van der Waals surface area (Å²) in [7, 11) is -2.05. The van der Waals surface area contributed by atoms with E-state index in [1.54, 1.807) is 0 Å². The number of hydrogen-bond donors (Lipinski definition) is 2. The molecule has 46 heavy (non-hydrogen) atoms. The second kappa shape index (κ2) is 14.2. The lowest BCUT2D eigenvalue weighted by Crippen LogP contribution is -2.65. The lowest BCUT2D eigenvalue weighted by Gasteiger charge is -2.49. The minimum atomic E-state index is -2.05. The molecule has 3 aliphatic rings. The van der Waals surface area contributed by atoms with Crippen LogP contribution >= 0.6 is 0 Å². The molecule has 0 aromatic heterocycles. The van der Waals surface area contributed by atoms with Crippen molar-refractivity contribution in [1.29, 1.82) is 0 Å². The van der Waals surface area contributed by atoms with Crippen LogP contribution in [0.1, 0.15) is 51.4 Å². The standard InChI is InChI=1S/C31H43N5O9Si/c1-6-46(7-2,8-3)45-19(5)25-26-18(4)23(17-34-14-13-21(16-34)28(38)33-15-24(32)37)27(35(26)29(25)39)31(41)44-30(40)20-9-11-22(12-10-20)36(42)43/h9-12,18-19,21,25-26H,6-8,13-17H2,1-5H3,(H2,32,37)(H,33,38)/t18-,19+,21-,25+,26+/m0/s1. The third kappa shape index (κ3) is 6.90. The Morgan fingerprint density at radius 3 is 2.30 bits per heavy atom. The van der Waals surface area contributed by atoms with Crippen LogP contribution in [0.3, 0.4) is 0 Å². The summed E-state index contributed by atoms with van der Waals surface area (Å²) in [4.78, 5) is 77.9. The minimum absolute atomic E-state index is 0.00724. The Kier molecular flexibility index (Phi) is 10.8. The van der Waals surface area contributed by atoms with Gasteiger partial charge < -0.3 is 25.1 Å². The molecule has 3 aliphatic heterocycles. The summed E-state index contributed by atoms with van der Waals surface area (Å²) >= 11 is 0. The molecule has 3 heterocycles. The molecule has 1 aromatic rings. The van der Waals surface area contributed by atoms with Gasteiger partial charge in [0, 0.05) is 31.1 Å². The van der Waals surface area contributed by atoms with Crippen LogP contribution in [-0.2, 0) is 28.3 Å². The minimum Gasteiger partial charge on any atom is -0.413 e. The van der Waals surface area contributed by atoms with Crippen molar-refractivity contribution in [3.05, 3.63) is 51.2 Å². The number of likely N-dealkylation sites (tertiary alicyclic amines) is 1. The number of nitrogens with zero attached hydrogens (tertiary/aromatic N) is 3. The van der Waals surface area contributed by atoms with Crippen molar-refractivity contribution in [2.24, 2.45) is 23.5 Å². The van der Waals surface area contributed by atoms with Crippen LogP contribution in [-0.4, -0.2) is 91.0 Å². The molecule has 3 N–H and O–H groups in total. The van der Waals surface area contributed by atoms with E-state index in [4.69, 9.17) is 14.9 Å². The SMILES string of the molecule is CC[Si](CC)(CC)O[C@H](C)[C@H]1C(=O)N2C(C(=O)OC(=O)c3ccc([N+](=O)[O-])cc3)=C(CN3CC[C@H](C(=O)NCC(N)=O)C3)[C@H](C)[C@H]12. The largest absolute Gasteiger partial charge is 0.413 e. The van der Waals surface area contributed by atoms with Gasteiger partial charge in [0.05, 0.1) is 41.0 Å². The molecule has 2 fully saturated rings. The monoisotopic (exact) mass is 657 g/mol.